The van der Waals surface area contributed by atoms with Gasteiger partial charge in [0.2, 0.25) is 5.89 Å². The van der Waals surface area contributed by atoms with Crippen LogP contribution in [0.15, 0.2) is 59.1 Å². The third-order valence-electron chi connectivity index (χ3n) is 5.71. The summed E-state index contributed by atoms with van der Waals surface area (Å²) in [4.78, 5) is 22.7. The maximum absolute atomic E-state index is 13.4. The van der Waals surface area contributed by atoms with Crippen LogP contribution in [0.4, 0.5) is 4.39 Å². The summed E-state index contributed by atoms with van der Waals surface area (Å²) < 4.78 is 24.8. The van der Waals surface area contributed by atoms with Crippen LogP contribution >= 0.6 is 0 Å². The van der Waals surface area contributed by atoms with Crippen LogP contribution in [0.3, 0.4) is 0 Å². The number of halogens is 1. The minimum absolute atomic E-state index is 0.0920. The zero-order valence-electron chi connectivity index (χ0n) is 17.1. The molecule has 0 radical (unpaired) electrons. The first-order valence-corrected chi connectivity index (χ1v) is 10.3. The SMILES string of the molecule is COc1cccc2[nH]c(C(=O)N3CCC[C@H]3c3ncc(Cc4cccc(F)c4)o3)cc12. The van der Waals surface area contributed by atoms with Gasteiger partial charge in [-0.25, -0.2) is 9.37 Å². The van der Waals surface area contributed by atoms with E-state index in [0.29, 0.717) is 30.3 Å². The minimum Gasteiger partial charge on any atom is -0.496 e. The van der Waals surface area contributed by atoms with E-state index in [4.69, 9.17) is 9.15 Å². The zero-order valence-corrected chi connectivity index (χ0v) is 17.1. The summed E-state index contributed by atoms with van der Waals surface area (Å²) in [5, 5.41) is 0.873. The average Bonchev–Trinajstić information content (AvgIpc) is 3.51. The number of nitrogens with one attached hydrogen (secondary N) is 1. The van der Waals surface area contributed by atoms with Crippen molar-refractivity contribution >= 4 is 16.8 Å². The van der Waals surface area contributed by atoms with Crippen molar-refractivity contribution in [1.29, 1.82) is 0 Å². The van der Waals surface area contributed by atoms with E-state index in [9.17, 15) is 9.18 Å². The lowest BCUT2D eigenvalue weighted by atomic mass is 10.1. The molecule has 1 amide bonds. The van der Waals surface area contributed by atoms with Crippen molar-refractivity contribution in [1.82, 2.24) is 14.9 Å². The maximum atomic E-state index is 13.4. The molecule has 7 heteroatoms. The highest BCUT2D eigenvalue weighted by Crippen LogP contribution is 2.34. The highest BCUT2D eigenvalue weighted by atomic mass is 19.1. The van der Waals surface area contributed by atoms with Gasteiger partial charge in [-0.3, -0.25) is 4.79 Å². The number of oxazole rings is 1. The number of likely N-dealkylation sites (tertiary alicyclic amines) is 1. The summed E-state index contributed by atoms with van der Waals surface area (Å²) in [6.45, 7) is 0.637. The Labute approximate surface area is 178 Å². The standard InChI is InChI=1S/C24H22FN3O3/c1-30-22-9-3-7-19-18(22)13-20(27-19)24(29)28-10-4-8-21(28)23-26-14-17(31-23)12-15-5-2-6-16(25)11-15/h2-3,5-7,9,11,13-14,21,27H,4,8,10,12H2,1H3/t21-/m0/s1. The molecule has 1 fully saturated rings. The van der Waals surface area contributed by atoms with Crippen LogP contribution in [0, 0.1) is 5.82 Å². The van der Waals surface area contributed by atoms with Crippen LogP contribution in [0.1, 0.15) is 46.6 Å². The molecule has 2 aromatic heterocycles. The highest BCUT2D eigenvalue weighted by molar-refractivity contribution is 6.00. The van der Waals surface area contributed by atoms with Gasteiger partial charge in [0, 0.05) is 23.9 Å². The number of benzene rings is 2. The van der Waals surface area contributed by atoms with E-state index in [1.165, 1.54) is 12.1 Å². The van der Waals surface area contributed by atoms with Gasteiger partial charge in [0.15, 0.2) is 0 Å². The molecule has 1 atom stereocenters. The number of methoxy groups -OCH3 is 1. The monoisotopic (exact) mass is 419 g/mol. The van der Waals surface area contributed by atoms with Crippen LogP contribution < -0.4 is 4.74 Å². The topological polar surface area (TPSA) is 71.4 Å². The van der Waals surface area contributed by atoms with E-state index in [-0.39, 0.29) is 17.8 Å². The molecule has 0 bridgehead atoms. The third kappa shape index (κ3) is 3.67. The predicted molar refractivity (Wildman–Crippen MR) is 114 cm³/mol. The summed E-state index contributed by atoms with van der Waals surface area (Å²) in [5.74, 6) is 1.52. The number of hydrogen-bond acceptors (Lipinski definition) is 4. The number of fused-ring (bicyclic) bond motifs is 1. The number of amides is 1. The summed E-state index contributed by atoms with van der Waals surface area (Å²) in [5.41, 5.74) is 2.18. The zero-order chi connectivity index (χ0) is 21.4. The number of carbonyl (C=O) groups is 1. The lowest BCUT2D eigenvalue weighted by Gasteiger charge is -2.21. The van der Waals surface area contributed by atoms with Crippen LogP contribution in [0.5, 0.6) is 5.75 Å². The smallest absolute Gasteiger partial charge is 0.270 e. The number of carbonyl (C=O) groups excluding carboxylic acids is 1. The number of H-pyrrole nitrogens is 1. The summed E-state index contributed by atoms with van der Waals surface area (Å²) >= 11 is 0. The van der Waals surface area contributed by atoms with Gasteiger partial charge in [-0.2, -0.15) is 0 Å². The summed E-state index contributed by atoms with van der Waals surface area (Å²) in [7, 11) is 1.61. The van der Waals surface area contributed by atoms with Gasteiger partial charge in [0.25, 0.3) is 5.91 Å². The van der Waals surface area contributed by atoms with Crippen LogP contribution in [0.25, 0.3) is 10.9 Å². The lowest BCUT2D eigenvalue weighted by molar-refractivity contribution is 0.0709. The largest absolute Gasteiger partial charge is 0.496 e. The molecule has 0 aliphatic carbocycles. The molecule has 4 aromatic rings. The van der Waals surface area contributed by atoms with Crippen LogP contribution in [-0.2, 0) is 6.42 Å². The number of nitrogens with zero attached hydrogens (tertiary/aromatic N) is 2. The van der Waals surface area contributed by atoms with Crippen molar-refractivity contribution < 1.29 is 18.3 Å². The molecule has 31 heavy (non-hydrogen) atoms. The molecule has 0 spiro atoms. The first-order chi connectivity index (χ1) is 15.1. The Balaban J connectivity index is 1.37. The molecule has 6 nitrogen and oxygen atoms in total. The van der Waals surface area contributed by atoms with Crippen LogP contribution in [0.2, 0.25) is 0 Å². The third-order valence-corrected chi connectivity index (χ3v) is 5.71. The molecule has 3 heterocycles. The number of aromatic amines is 1. The van der Waals surface area contributed by atoms with Gasteiger partial charge in [0.1, 0.15) is 29.1 Å². The molecular weight excluding hydrogens is 397 g/mol. The van der Waals surface area contributed by atoms with Crippen LogP contribution in [-0.4, -0.2) is 34.4 Å². The molecule has 1 N–H and O–H groups in total. The Morgan fingerprint density at radius 1 is 1.29 bits per heavy atom. The van der Waals surface area contributed by atoms with Crippen molar-refractivity contribution in [2.75, 3.05) is 13.7 Å². The summed E-state index contributed by atoms with van der Waals surface area (Å²) in [6, 6.07) is 13.7. The minimum atomic E-state index is -0.278. The average molecular weight is 419 g/mol. The molecule has 0 unspecified atom stereocenters. The fourth-order valence-corrected chi connectivity index (χ4v) is 4.25. The molecule has 1 aliphatic rings. The molecular formula is C24H22FN3O3. The predicted octanol–water partition coefficient (Wildman–Crippen LogP) is 4.87. The number of rotatable bonds is 5. The number of hydrogen-bond donors (Lipinski definition) is 1. The molecule has 0 saturated carbocycles. The van der Waals surface area contributed by atoms with Crippen molar-refractivity contribution in [3.05, 3.63) is 83.5 Å². The Kier molecular flexibility index (Phi) is 4.94. The Morgan fingerprint density at radius 3 is 3.00 bits per heavy atom. The first-order valence-electron chi connectivity index (χ1n) is 10.3. The van der Waals surface area contributed by atoms with Crippen molar-refractivity contribution in [3.8, 4) is 5.75 Å². The number of ether oxygens (including phenoxy) is 1. The van der Waals surface area contributed by atoms with Crippen molar-refractivity contribution in [2.24, 2.45) is 0 Å². The molecule has 1 saturated heterocycles. The Bertz CT molecular complexity index is 1250. The summed E-state index contributed by atoms with van der Waals surface area (Å²) in [6.07, 6.45) is 3.78. The van der Waals surface area contributed by atoms with E-state index in [1.807, 2.05) is 30.3 Å². The second-order valence-electron chi connectivity index (χ2n) is 7.73. The molecule has 1 aliphatic heterocycles. The fraction of sp³-hybridized carbons (Fsp3) is 0.250. The molecule has 2 aromatic carbocycles. The van der Waals surface area contributed by atoms with E-state index in [1.54, 1.807) is 24.3 Å². The van der Waals surface area contributed by atoms with E-state index in [2.05, 4.69) is 9.97 Å². The van der Waals surface area contributed by atoms with Crippen molar-refractivity contribution in [3.63, 3.8) is 0 Å². The highest BCUT2D eigenvalue weighted by Gasteiger charge is 2.34. The first kappa shape index (κ1) is 19.4. The normalized spacial score (nSPS) is 16.2. The van der Waals surface area contributed by atoms with Gasteiger partial charge < -0.3 is 19.0 Å². The lowest BCUT2D eigenvalue weighted by Crippen LogP contribution is -2.30. The quantitative estimate of drug-likeness (QED) is 0.501. The molecule has 158 valence electrons. The van der Waals surface area contributed by atoms with Gasteiger partial charge in [0.05, 0.1) is 13.3 Å². The second kappa shape index (κ2) is 7.91. The van der Waals surface area contributed by atoms with Gasteiger partial charge in [-0.15, -0.1) is 0 Å². The van der Waals surface area contributed by atoms with E-state index in [0.717, 1.165) is 35.1 Å². The second-order valence-corrected chi connectivity index (χ2v) is 7.73. The Morgan fingerprint density at radius 2 is 2.16 bits per heavy atom. The van der Waals surface area contributed by atoms with Gasteiger partial charge >= 0.3 is 0 Å². The number of aromatic nitrogens is 2. The van der Waals surface area contributed by atoms with E-state index < -0.39 is 0 Å². The fourth-order valence-electron chi connectivity index (χ4n) is 4.25. The maximum Gasteiger partial charge on any atom is 0.270 e. The van der Waals surface area contributed by atoms with Gasteiger partial charge in [-0.05, 0) is 48.7 Å². The molecule has 5 rings (SSSR count). The van der Waals surface area contributed by atoms with Gasteiger partial charge in [-0.1, -0.05) is 18.2 Å². The van der Waals surface area contributed by atoms with E-state index >= 15 is 0 Å². The Hall–Kier alpha value is -3.61. The van der Waals surface area contributed by atoms with Crippen molar-refractivity contribution in [2.45, 2.75) is 25.3 Å².